The molecule has 0 saturated carbocycles. The highest BCUT2D eigenvalue weighted by Gasteiger charge is 2.27. The number of nitrogens with zero attached hydrogens (tertiary/aromatic N) is 4. The van der Waals surface area contributed by atoms with Gasteiger partial charge in [0.15, 0.2) is 0 Å². The lowest BCUT2D eigenvalue weighted by Crippen LogP contribution is -2.49. The number of piperazine rings is 1. The minimum atomic E-state index is -2.84. The Morgan fingerprint density at radius 2 is 1.81 bits per heavy atom. The summed E-state index contributed by atoms with van der Waals surface area (Å²) in [5.74, 6) is -0.875. The van der Waals surface area contributed by atoms with Gasteiger partial charge in [0.05, 0.1) is 26.0 Å². The lowest BCUT2D eigenvalue weighted by Gasteiger charge is -2.34. The van der Waals surface area contributed by atoms with E-state index in [1.807, 2.05) is 41.0 Å². The van der Waals surface area contributed by atoms with Crippen LogP contribution in [0, 0.1) is 0 Å². The van der Waals surface area contributed by atoms with Crippen molar-refractivity contribution in [1.29, 1.82) is 0 Å². The van der Waals surface area contributed by atoms with Gasteiger partial charge in [-0.1, -0.05) is 25.1 Å². The van der Waals surface area contributed by atoms with E-state index in [0.29, 0.717) is 26.2 Å². The number of hydrogen-bond donors (Lipinski definition) is 1. The third-order valence-corrected chi connectivity index (χ3v) is 5.42. The largest absolute Gasteiger partial charge is 0.462 e. The number of carbonyl (C=O) groups excluding carboxylic acids is 2. The van der Waals surface area contributed by atoms with Gasteiger partial charge in [0.2, 0.25) is 5.91 Å². The van der Waals surface area contributed by atoms with Crippen LogP contribution in [0.25, 0.3) is 0 Å². The van der Waals surface area contributed by atoms with Gasteiger partial charge in [-0.25, -0.2) is 18.3 Å². The summed E-state index contributed by atoms with van der Waals surface area (Å²) in [7, 11) is 0. The molecule has 1 fully saturated rings. The van der Waals surface area contributed by atoms with Gasteiger partial charge >= 0.3 is 5.97 Å². The van der Waals surface area contributed by atoms with E-state index in [-0.39, 0.29) is 31.3 Å². The summed E-state index contributed by atoms with van der Waals surface area (Å²) >= 11 is 0. The van der Waals surface area contributed by atoms with Crippen LogP contribution in [0.2, 0.25) is 0 Å². The summed E-state index contributed by atoms with van der Waals surface area (Å²) in [5.41, 5.74) is 1.28. The molecule has 1 aromatic carbocycles. The number of rotatable bonds is 9. The molecular formula is C22H29F2N5O3. The fourth-order valence-corrected chi connectivity index (χ4v) is 3.73. The number of carbonyl (C=O) groups is 2. The van der Waals surface area contributed by atoms with Crippen molar-refractivity contribution in [3.63, 3.8) is 0 Å². The van der Waals surface area contributed by atoms with Crippen molar-refractivity contribution in [2.45, 2.75) is 33.4 Å². The second-order valence-corrected chi connectivity index (χ2v) is 7.56. The fraction of sp³-hybridized carbons (Fsp3) is 0.500. The molecule has 3 rings (SSSR count). The second-order valence-electron chi connectivity index (χ2n) is 7.56. The number of para-hydroxylation sites is 1. The topological polar surface area (TPSA) is 79.7 Å². The molecule has 0 atom stereocenters. The SMILES string of the molecule is CCOC(=O)c1cnn(CN2CCN(CC(=O)Nc3ccccc3CC)CC2)c1C(F)F. The highest BCUT2D eigenvalue weighted by Crippen LogP contribution is 2.24. The Kier molecular flexibility index (Phi) is 8.29. The molecule has 32 heavy (non-hydrogen) atoms. The molecule has 2 aromatic rings. The van der Waals surface area contributed by atoms with E-state index in [1.165, 1.54) is 0 Å². The monoisotopic (exact) mass is 449 g/mol. The van der Waals surface area contributed by atoms with Crippen LogP contribution in [0.3, 0.4) is 0 Å². The Bertz CT molecular complexity index is 926. The molecule has 8 nitrogen and oxygen atoms in total. The molecule has 1 aliphatic rings. The Balaban J connectivity index is 1.53. The lowest BCUT2D eigenvalue weighted by molar-refractivity contribution is -0.117. The van der Waals surface area contributed by atoms with Gasteiger partial charge in [-0.3, -0.25) is 14.6 Å². The molecule has 2 heterocycles. The zero-order valence-corrected chi connectivity index (χ0v) is 18.4. The lowest BCUT2D eigenvalue weighted by atomic mass is 10.1. The van der Waals surface area contributed by atoms with E-state index < -0.39 is 18.1 Å². The number of aromatic nitrogens is 2. The standard InChI is InChI=1S/C22H29F2N5O3/c1-3-16-7-5-6-8-18(16)26-19(30)14-27-9-11-28(12-10-27)15-29-20(21(23)24)17(13-25-29)22(31)32-4-2/h5-8,13,21H,3-4,9-12,14-15H2,1-2H3,(H,26,30). The van der Waals surface area contributed by atoms with Crippen LogP contribution in [0.15, 0.2) is 30.5 Å². The summed E-state index contributed by atoms with van der Waals surface area (Å²) in [6, 6.07) is 7.72. The zero-order chi connectivity index (χ0) is 23.1. The summed E-state index contributed by atoms with van der Waals surface area (Å²) in [6.07, 6.45) is -0.872. The smallest absolute Gasteiger partial charge is 0.341 e. The van der Waals surface area contributed by atoms with E-state index in [4.69, 9.17) is 4.74 Å². The summed E-state index contributed by atoms with van der Waals surface area (Å²) in [5, 5.41) is 6.95. The Morgan fingerprint density at radius 1 is 1.12 bits per heavy atom. The van der Waals surface area contributed by atoms with Gasteiger partial charge < -0.3 is 10.1 Å². The van der Waals surface area contributed by atoms with Crippen molar-refractivity contribution in [3.8, 4) is 0 Å². The molecule has 0 unspecified atom stereocenters. The van der Waals surface area contributed by atoms with Crippen molar-refractivity contribution < 1.29 is 23.1 Å². The van der Waals surface area contributed by atoms with Gasteiger partial charge in [0.1, 0.15) is 11.3 Å². The normalized spacial score (nSPS) is 15.2. The minimum Gasteiger partial charge on any atom is -0.462 e. The van der Waals surface area contributed by atoms with Crippen LogP contribution in [0.1, 0.15) is 41.9 Å². The van der Waals surface area contributed by atoms with Crippen molar-refractivity contribution >= 4 is 17.6 Å². The van der Waals surface area contributed by atoms with Gasteiger partial charge in [-0.05, 0) is 25.0 Å². The van der Waals surface area contributed by atoms with E-state index in [0.717, 1.165) is 28.6 Å². The third-order valence-electron chi connectivity index (χ3n) is 5.42. The number of amides is 1. The summed E-state index contributed by atoms with van der Waals surface area (Å²) in [4.78, 5) is 28.4. The fourth-order valence-electron chi connectivity index (χ4n) is 3.73. The first-order chi connectivity index (χ1) is 15.4. The minimum absolute atomic E-state index is 0.0782. The highest BCUT2D eigenvalue weighted by atomic mass is 19.3. The van der Waals surface area contributed by atoms with Crippen molar-refractivity contribution in [2.75, 3.05) is 44.6 Å². The van der Waals surface area contributed by atoms with Crippen molar-refractivity contribution in [2.24, 2.45) is 0 Å². The molecule has 1 aliphatic heterocycles. The molecule has 0 aliphatic carbocycles. The van der Waals surface area contributed by atoms with Crippen LogP contribution in [-0.2, 0) is 22.6 Å². The average Bonchev–Trinajstić information content (AvgIpc) is 3.19. The number of ether oxygens (including phenoxy) is 1. The molecule has 0 bridgehead atoms. The maximum absolute atomic E-state index is 13.6. The van der Waals surface area contributed by atoms with Crippen LogP contribution in [-0.4, -0.2) is 70.8 Å². The van der Waals surface area contributed by atoms with E-state index in [2.05, 4.69) is 10.4 Å². The second kappa shape index (κ2) is 11.1. The van der Waals surface area contributed by atoms with Gasteiger partial charge in [-0.15, -0.1) is 0 Å². The quantitative estimate of drug-likeness (QED) is 0.593. The molecule has 10 heteroatoms. The molecule has 1 aromatic heterocycles. The number of alkyl halides is 2. The van der Waals surface area contributed by atoms with Crippen LogP contribution in [0.4, 0.5) is 14.5 Å². The van der Waals surface area contributed by atoms with Gasteiger partial charge in [-0.2, -0.15) is 5.10 Å². The maximum atomic E-state index is 13.6. The number of benzene rings is 1. The first-order valence-electron chi connectivity index (χ1n) is 10.8. The van der Waals surface area contributed by atoms with Gasteiger partial charge in [0, 0.05) is 31.9 Å². The van der Waals surface area contributed by atoms with Crippen LogP contribution >= 0.6 is 0 Å². The van der Waals surface area contributed by atoms with E-state index >= 15 is 0 Å². The predicted octanol–water partition coefficient (Wildman–Crippen LogP) is 2.77. The third kappa shape index (κ3) is 5.89. The molecule has 0 spiro atoms. The summed E-state index contributed by atoms with van der Waals surface area (Å²) < 4.78 is 33.1. The number of halogens is 2. The molecule has 1 N–H and O–H groups in total. The van der Waals surface area contributed by atoms with Crippen molar-refractivity contribution in [3.05, 3.63) is 47.3 Å². The molecule has 1 amide bonds. The van der Waals surface area contributed by atoms with Crippen LogP contribution in [0.5, 0.6) is 0 Å². The van der Waals surface area contributed by atoms with E-state index in [1.54, 1.807) is 6.92 Å². The molecule has 174 valence electrons. The Morgan fingerprint density at radius 3 is 2.47 bits per heavy atom. The Labute approximate surface area is 186 Å². The number of aryl methyl sites for hydroxylation is 1. The Hall–Kier alpha value is -2.85. The summed E-state index contributed by atoms with van der Waals surface area (Å²) in [6.45, 7) is 6.60. The number of hydrogen-bond acceptors (Lipinski definition) is 6. The van der Waals surface area contributed by atoms with Crippen molar-refractivity contribution in [1.82, 2.24) is 19.6 Å². The van der Waals surface area contributed by atoms with Crippen LogP contribution < -0.4 is 5.32 Å². The number of anilines is 1. The zero-order valence-electron chi connectivity index (χ0n) is 18.4. The van der Waals surface area contributed by atoms with E-state index in [9.17, 15) is 18.4 Å². The molecular weight excluding hydrogens is 420 g/mol. The molecule has 0 radical (unpaired) electrons. The number of nitrogens with one attached hydrogen (secondary N) is 1. The predicted molar refractivity (Wildman–Crippen MR) is 116 cm³/mol. The number of esters is 1. The molecule has 1 saturated heterocycles. The maximum Gasteiger partial charge on any atom is 0.341 e. The highest BCUT2D eigenvalue weighted by molar-refractivity contribution is 5.93. The average molecular weight is 450 g/mol. The first-order valence-corrected chi connectivity index (χ1v) is 10.8. The first kappa shape index (κ1) is 23.8. The van der Waals surface area contributed by atoms with Gasteiger partial charge in [0.25, 0.3) is 6.43 Å².